The van der Waals surface area contributed by atoms with Crippen LogP contribution in [0.25, 0.3) is 0 Å². The molecule has 0 aliphatic heterocycles. The summed E-state index contributed by atoms with van der Waals surface area (Å²) in [7, 11) is 0. The van der Waals surface area contributed by atoms with Gasteiger partial charge in [0.15, 0.2) is 0 Å². The Morgan fingerprint density at radius 3 is 1.83 bits per heavy atom. The predicted octanol–water partition coefficient (Wildman–Crippen LogP) is 7.34. The Bertz CT molecular complexity index is 473. The van der Waals surface area contributed by atoms with Crippen LogP contribution in [0.1, 0.15) is 88.7 Å². The maximum absolute atomic E-state index is 2.35. The van der Waals surface area contributed by atoms with Gasteiger partial charge in [-0.25, -0.2) is 0 Å². The van der Waals surface area contributed by atoms with Crippen molar-refractivity contribution in [2.24, 2.45) is 23.7 Å². The lowest BCUT2D eigenvalue weighted by atomic mass is 9.68. The summed E-state index contributed by atoms with van der Waals surface area (Å²) in [6.45, 7) is 4.62. The van der Waals surface area contributed by atoms with Crippen LogP contribution in [0.2, 0.25) is 0 Å². The van der Waals surface area contributed by atoms with Crippen LogP contribution < -0.4 is 0 Å². The van der Waals surface area contributed by atoms with E-state index in [9.17, 15) is 0 Å². The molecule has 1 aromatic carbocycles. The van der Waals surface area contributed by atoms with Crippen LogP contribution in [0, 0.1) is 30.6 Å². The second-order valence-corrected chi connectivity index (χ2v) is 8.82. The third-order valence-electron chi connectivity index (χ3n) is 7.23. The minimum atomic E-state index is 0.997. The summed E-state index contributed by atoms with van der Waals surface area (Å²) >= 11 is 0. The van der Waals surface area contributed by atoms with Gasteiger partial charge in [-0.3, -0.25) is 0 Å². The van der Waals surface area contributed by atoms with E-state index >= 15 is 0 Å². The average Bonchev–Trinajstić information content (AvgIpc) is 2.63. The molecule has 0 radical (unpaired) electrons. The van der Waals surface area contributed by atoms with Crippen molar-refractivity contribution in [2.45, 2.75) is 90.9 Å². The highest BCUT2D eigenvalue weighted by atomic mass is 14.4. The van der Waals surface area contributed by atoms with Gasteiger partial charge in [0.2, 0.25) is 0 Å². The molecule has 24 heavy (non-hydrogen) atoms. The smallest absolute Gasteiger partial charge is 0.0274 e. The summed E-state index contributed by atoms with van der Waals surface area (Å²) < 4.78 is 0. The van der Waals surface area contributed by atoms with Gasteiger partial charge >= 0.3 is 0 Å². The summed E-state index contributed by atoms with van der Waals surface area (Å²) in [6, 6.07) is 8.96. The molecule has 0 atom stereocenters. The van der Waals surface area contributed by atoms with Crippen molar-refractivity contribution in [2.75, 3.05) is 0 Å². The number of aryl methyl sites for hydroxylation is 2. The van der Waals surface area contributed by atoms with Crippen molar-refractivity contribution in [3.63, 3.8) is 0 Å². The molecule has 2 saturated carbocycles. The molecule has 2 aliphatic carbocycles. The summed E-state index contributed by atoms with van der Waals surface area (Å²) in [5, 5.41) is 0. The number of hydrogen-bond acceptors (Lipinski definition) is 0. The van der Waals surface area contributed by atoms with E-state index in [0.29, 0.717) is 0 Å². The average molecular weight is 327 g/mol. The first-order chi connectivity index (χ1) is 11.8. The highest BCUT2D eigenvalue weighted by Crippen LogP contribution is 2.42. The lowest BCUT2D eigenvalue weighted by Gasteiger charge is -2.38. The molecule has 1 aromatic rings. The van der Waals surface area contributed by atoms with E-state index in [4.69, 9.17) is 0 Å². The molecule has 0 unspecified atom stereocenters. The Hall–Kier alpha value is -0.780. The molecule has 0 nitrogen and oxygen atoms in total. The molecule has 0 saturated heterocycles. The van der Waals surface area contributed by atoms with E-state index in [1.54, 1.807) is 18.4 Å². The van der Waals surface area contributed by atoms with Crippen LogP contribution >= 0.6 is 0 Å². The Labute approximate surface area is 150 Å². The zero-order valence-electron chi connectivity index (χ0n) is 16.1. The van der Waals surface area contributed by atoms with Gasteiger partial charge in [-0.15, -0.1) is 0 Å². The Balaban J connectivity index is 1.38. The summed E-state index contributed by atoms with van der Waals surface area (Å²) in [4.78, 5) is 0. The van der Waals surface area contributed by atoms with Gasteiger partial charge in [-0.05, 0) is 80.2 Å². The fourth-order valence-electron chi connectivity index (χ4n) is 5.56. The second-order valence-electron chi connectivity index (χ2n) is 8.82. The first kappa shape index (κ1) is 18.0. The van der Waals surface area contributed by atoms with Gasteiger partial charge < -0.3 is 0 Å². The molecule has 2 aliphatic rings. The molecular weight excluding hydrogens is 288 g/mol. The van der Waals surface area contributed by atoms with Gasteiger partial charge in [0, 0.05) is 0 Å². The molecule has 0 amide bonds. The lowest BCUT2D eigenvalue weighted by molar-refractivity contribution is 0.141. The van der Waals surface area contributed by atoms with Crippen molar-refractivity contribution in [3.05, 3.63) is 35.4 Å². The van der Waals surface area contributed by atoms with E-state index in [2.05, 4.69) is 38.1 Å². The van der Waals surface area contributed by atoms with E-state index in [1.807, 2.05) is 0 Å². The van der Waals surface area contributed by atoms with Crippen molar-refractivity contribution >= 4 is 0 Å². The van der Waals surface area contributed by atoms with Crippen molar-refractivity contribution < 1.29 is 0 Å². The predicted molar refractivity (Wildman–Crippen MR) is 105 cm³/mol. The zero-order chi connectivity index (χ0) is 16.8. The van der Waals surface area contributed by atoms with Crippen LogP contribution in [0.3, 0.4) is 0 Å². The van der Waals surface area contributed by atoms with Gasteiger partial charge in [-0.2, -0.15) is 0 Å². The maximum Gasteiger partial charge on any atom is -0.0274 e. The molecule has 0 spiro atoms. The van der Waals surface area contributed by atoms with Crippen molar-refractivity contribution in [3.8, 4) is 0 Å². The van der Waals surface area contributed by atoms with Crippen LogP contribution in [-0.2, 0) is 6.42 Å². The molecule has 0 aromatic heterocycles. The Morgan fingerprint density at radius 1 is 0.750 bits per heavy atom. The molecular formula is C24H38. The standard InChI is InChI=1S/C24H38/c1-3-6-20-10-15-23(16-11-20)24-17-12-21(13-18-24)9-14-22-8-5-4-7-19(22)2/h4-5,7-8,20-21,23-24H,3,6,9-18H2,1-2H3/t20-,21?,23-,24?. The number of rotatable bonds is 6. The lowest BCUT2D eigenvalue weighted by Crippen LogP contribution is -2.26. The molecule has 0 N–H and O–H groups in total. The summed E-state index contributed by atoms with van der Waals surface area (Å²) in [5.74, 6) is 4.21. The maximum atomic E-state index is 2.35. The second kappa shape index (κ2) is 9.07. The normalized spacial score (nSPS) is 31.1. The van der Waals surface area contributed by atoms with E-state index in [0.717, 1.165) is 23.7 Å². The Morgan fingerprint density at radius 2 is 1.29 bits per heavy atom. The zero-order valence-corrected chi connectivity index (χ0v) is 16.1. The number of benzene rings is 1. The SMILES string of the molecule is CCC[C@H]1CC[C@H](C2CCC(CCc3ccccc3C)CC2)CC1. The first-order valence-electron chi connectivity index (χ1n) is 10.8. The highest BCUT2D eigenvalue weighted by Gasteiger charge is 2.30. The minimum Gasteiger partial charge on any atom is -0.0654 e. The third kappa shape index (κ3) is 4.87. The highest BCUT2D eigenvalue weighted by molar-refractivity contribution is 5.25. The monoisotopic (exact) mass is 326 g/mol. The van der Waals surface area contributed by atoms with Crippen LogP contribution in [0.4, 0.5) is 0 Å². The van der Waals surface area contributed by atoms with E-state index < -0.39 is 0 Å². The quantitative estimate of drug-likeness (QED) is 0.513. The molecule has 0 heteroatoms. The number of hydrogen-bond donors (Lipinski definition) is 0. The van der Waals surface area contributed by atoms with Gasteiger partial charge in [0.05, 0.1) is 0 Å². The first-order valence-corrected chi connectivity index (χ1v) is 10.8. The molecule has 0 bridgehead atoms. The summed E-state index contributed by atoms with van der Waals surface area (Å²) in [5.41, 5.74) is 3.06. The van der Waals surface area contributed by atoms with Crippen LogP contribution in [0.5, 0.6) is 0 Å². The van der Waals surface area contributed by atoms with Crippen LogP contribution in [0.15, 0.2) is 24.3 Å². The van der Waals surface area contributed by atoms with Gasteiger partial charge in [-0.1, -0.05) is 69.7 Å². The molecule has 3 rings (SSSR count). The minimum absolute atomic E-state index is 0.997. The third-order valence-corrected chi connectivity index (χ3v) is 7.23. The van der Waals surface area contributed by atoms with Gasteiger partial charge in [0.25, 0.3) is 0 Å². The largest absolute Gasteiger partial charge is 0.0654 e. The Kier molecular flexibility index (Phi) is 6.81. The van der Waals surface area contributed by atoms with Gasteiger partial charge in [0.1, 0.15) is 0 Å². The topological polar surface area (TPSA) is 0 Å². The molecule has 2 fully saturated rings. The van der Waals surface area contributed by atoms with Crippen molar-refractivity contribution in [1.29, 1.82) is 0 Å². The fourth-order valence-corrected chi connectivity index (χ4v) is 5.56. The van der Waals surface area contributed by atoms with Crippen molar-refractivity contribution in [1.82, 2.24) is 0 Å². The summed E-state index contributed by atoms with van der Waals surface area (Å²) in [6.07, 6.45) is 17.8. The van der Waals surface area contributed by atoms with Crippen LogP contribution in [-0.4, -0.2) is 0 Å². The van der Waals surface area contributed by atoms with E-state index in [-0.39, 0.29) is 0 Å². The molecule has 0 heterocycles. The van der Waals surface area contributed by atoms with E-state index in [1.165, 1.54) is 69.8 Å². The molecule has 134 valence electrons. The fraction of sp³-hybridized carbons (Fsp3) is 0.750.